The molecule has 2 saturated carbocycles. The normalized spacial score (nSPS) is 22.4. The van der Waals surface area contributed by atoms with Gasteiger partial charge in [0.1, 0.15) is 11.6 Å². The van der Waals surface area contributed by atoms with Crippen LogP contribution in [-0.2, 0) is 5.54 Å². The van der Waals surface area contributed by atoms with Gasteiger partial charge in [0.2, 0.25) is 0 Å². The molecule has 110 valence electrons. The maximum atomic E-state index is 13.8. The van der Waals surface area contributed by atoms with E-state index in [0.29, 0.717) is 4.47 Å². The average molecular weight is 342 g/mol. The van der Waals surface area contributed by atoms with E-state index < -0.39 is 5.54 Å². The van der Waals surface area contributed by atoms with Crippen molar-refractivity contribution in [2.45, 2.75) is 63.0 Å². The van der Waals surface area contributed by atoms with Gasteiger partial charge in [-0.25, -0.2) is 4.39 Å². The fourth-order valence-electron chi connectivity index (χ4n) is 3.16. The second kappa shape index (κ2) is 5.64. The molecule has 2 nitrogen and oxygen atoms in total. The highest BCUT2D eigenvalue weighted by molar-refractivity contribution is 9.10. The zero-order valence-electron chi connectivity index (χ0n) is 11.6. The fraction of sp³-hybridized carbons (Fsp3) is 0.625. The van der Waals surface area contributed by atoms with Crippen molar-refractivity contribution in [2.24, 2.45) is 5.73 Å². The van der Waals surface area contributed by atoms with Crippen molar-refractivity contribution in [3.63, 3.8) is 0 Å². The summed E-state index contributed by atoms with van der Waals surface area (Å²) in [6, 6.07) is 3.05. The Morgan fingerprint density at radius 1 is 1.15 bits per heavy atom. The Bertz CT molecular complexity index is 495. The van der Waals surface area contributed by atoms with Crippen molar-refractivity contribution in [1.82, 2.24) is 0 Å². The lowest BCUT2D eigenvalue weighted by Crippen LogP contribution is -2.39. The van der Waals surface area contributed by atoms with Crippen LogP contribution in [0, 0.1) is 5.82 Å². The van der Waals surface area contributed by atoms with Crippen LogP contribution in [0.2, 0.25) is 0 Å². The number of halogens is 2. The molecule has 0 spiro atoms. The van der Waals surface area contributed by atoms with E-state index in [4.69, 9.17) is 10.5 Å². The molecule has 2 aliphatic carbocycles. The van der Waals surface area contributed by atoms with Gasteiger partial charge in [-0.2, -0.15) is 0 Å². The molecule has 1 aromatic carbocycles. The number of ether oxygens (including phenoxy) is 1. The summed E-state index contributed by atoms with van der Waals surface area (Å²) in [5.74, 6) is 0.517. The molecule has 0 heterocycles. The minimum atomic E-state index is -0.443. The quantitative estimate of drug-likeness (QED) is 0.869. The van der Waals surface area contributed by atoms with Gasteiger partial charge in [0.25, 0.3) is 0 Å². The van der Waals surface area contributed by atoms with Crippen LogP contribution in [0.25, 0.3) is 0 Å². The molecule has 0 unspecified atom stereocenters. The van der Waals surface area contributed by atoms with Gasteiger partial charge in [-0.15, -0.1) is 0 Å². The Balaban J connectivity index is 1.97. The van der Waals surface area contributed by atoms with Crippen LogP contribution in [0.15, 0.2) is 16.6 Å². The van der Waals surface area contributed by atoms with E-state index in [-0.39, 0.29) is 11.9 Å². The van der Waals surface area contributed by atoms with Crippen molar-refractivity contribution >= 4 is 15.9 Å². The highest BCUT2D eigenvalue weighted by atomic mass is 79.9. The zero-order chi connectivity index (χ0) is 14.2. The summed E-state index contributed by atoms with van der Waals surface area (Å²) in [7, 11) is 0. The summed E-state index contributed by atoms with van der Waals surface area (Å²) in [5.41, 5.74) is 6.99. The van der Waals surface area contributed by atoms with Crippen LogP contribution in [0.3, 0.4) is 0 Å². The van der Waals surface area contributed by atoms with Gasteiger partial charge in [0.15, 0.2) is 0 Å². The molecule has 1 aromatic rings. The summed E-state index contributed by atoms with van der Waals surface area (Å²) in [4.78, 5) is 0. The largest absolute Gasteiger partial charge is 0.489 e. The summed E-state index contributed by atoms with van der Waals surface area (Å²) in [5, 5.41) is 0. The Morgan fingerprint density at radius 2 is 1.85 bits per heavy atom. The molecule has 0 aliphatic heterocycles. The Hall–Kier alpha value is -0.610. The highest BCUT2D eigenvalue weighted by Crippen LogP contribution is 2.44. The SMILES string of the molecule is NC1(c2cc(F)cc(Br)c2OC2CCC2)CCCCC1. The third-order valence-corrected chi connectivity index (χ3v) is 5.22. The molecule has 0 amide bonds. The molecular formula is C16H21BrFNO. The summed E-state index contributed by atoms with van der Waals surface area (Å²) in [6.45, 7) is 0. The minimum absolute atomic E-state index is 0.247. The van der Waals surface area contributed by atoms with Crippen molar-refractivity contribution in [1.29, 1.82) is 0 Å². The highest BCUT2D eigenvalue weighted by Gasteiger charge is 2.34. The molecule has 0 aromatic heterocycles. The Labute approximate surface area is 128 Å². The van der Waals surface area contributed by atoms with Gasteiger partial charge in [-0.3, -0.25) is 0 Å². The molecule has 2 fully saturated rings. The third-order valence-electron chi connectivity index (χ3n) is 4.63. The fourth-order valence-corrected chi connectivity index (χ4v) is 3.68. The van der Waals surface area contributed by atoms with Crippen LogP contribution in [0.1, 0.15) is 56.9 Å². The van der Waals surface area contributed by atoms with Gasteiger partial charge in [-0.05, 0) is 60.2 Å². The molecule has 2 N–H and O–H groups in total. The summed E-state index contributed by atoms with van der Waals surface area (Å²) < 4.78 is 20.6. The van der Waals surface area contributed by atoms with E-state index in [0.717, 1.165) is 49.8 Å². The van der Waals surface area contributed by atoms with Gasteiger partial charge in [0.05, 0.1) is 10.6 Å². The third kappa shape index (κ3) is 2.73. The van der Waals surface area contributed by atoms with Crippen LogP contribution < -0.4 is 10.5 Å². The maximum absolute atomic E-state index is 13.8. The van der Waals surface area contributed by atoms with Crippen LogP contribution in [0.4, 0.5) is 4.39 Å². The van der Waals surface area contributed by atoms with Crippen LogP contribution >= 0.6 is 15.9 Å². The second-order valence-corrected chi connectivity index (χ2v) is 7.01. The van der Waals surface area contributed by atoms with E-state index in [2.05, 4.69) is 15.9 Å². The van der Waals surface area contributed by atoms with Gasteiger partial charge in [-0.1, -0.05) is 19.3 Å². The number of hydrogen-bond donors (Lipinski definition) is 1. The lowest BCUT2D eigenvalue weighted by molar-refractivity contribution is 0.114. The number of rotatable bonds is 3. The molecular weight excluding hydrogens is 321 g/mol. The van der Waals surface area contributed by atoms with Crippen molar-refractivity contribution in [3.8, 4) is 5.75 Å². The van der Waals surface area contributed by atoms with E-state index in [9.17, 15) is 4.39 Å². The Morgan fingerprint density at radius 3 is 2.45 bits per heavy atom. The van der Waals surface area contributed by atoms with Gasteiger partial charge in [0, 0.05) is 11.1 Å². The first-order valence-electron chi connectivity index (χ1n) is 7.53. The first-order chi connectivity index (χ1) is 9.58. The van der Waals surface area contributed by atoms with E-state index in [1.54, 1.807) is 6.07 Å². The lowest BCUT2D eigenvalue weighted by Gasteiger charge is -2.37. The summed E-state index contributed by atoms with van der Waals surface area (Å²) in [6.07, 6.45) is 8.89. The molecule has 0 atom stereocenters. The Kier molecular flexibility index (Phi) is 4.04. The van der Waals surface area contributed by atoms with E-state index in [1.165, 1.54) is 18.9 Å². The first kappa shape index (κ1) is 14.3. The van der Waals surface area contributed by atoms with Crippen LogP contribution in [0.5, 0.6) is 5.75 Å². The zero-order valence-corrected chi connectivity index (χ0v) is 13.2. The predicted molar refractivity (Wildman–Crippen MR) is 81.3 cm³/mol. The molecule has 3 rings (SSSR count). The molecule has 2 aliphatic rings. The number of hydrogen-bond acceptors (Lipinski definition) is 2. The standard InChI is InChI=1S/C16H21BrFNO/c17-14-10-11(18)9-13(15(14)20-12-5-4-6-12)16(19)7-2-1-3-8-16/h9-10,12H,1-8,19H2. The van der Waals surface area contributed by atoms with E-state index >= 15 is 0 Å². The number of benzene rings is 1. The van der Waals surface area contributed by atoms with E-state index in [1.807, 2.05) is 0 Å². The van der Waals surface area contributed by atoms with Gasteiger partial charge < -0.3 is 10.5 Å². The van der Waals surface area contributed by atoms with Crippen LogP contribution in [-0.4, -0.2) is 6.10 Å². The topological polar surface area (TPSA) is 35.2 Å². The van der Waals surface area contributed by atoms with Crippen molar-refractivity contribution in [2.75, 3.05) is 0 Å². The number of nitrogens with two attached hydrogens (primary N) is 1. The average Bonchev–Trinajstić information content (AvgIpc) is 2.35. The van der Waals surface area contributed by atoms with Crippen molar-refractivity contribution in [3.05, 3.63) is 28.0 Å². The molecule has 20 heavy (non-hydrogen) atoms. The minimum Gasteiger partial charge on any atom is -0.489 e. The molecule has 4 heteroatoms. The maximum Gasteiger partial charge on any atom is 0.139 e. The first-order valence-corrected chi connectivity index (χ1v) is 8.33. The smallest absolute Gasteiger partial charge is 0.139 e. The monoisotopic (exact) mass is 341 g/mol. The predicted octanol–water partition coefficient (Wildman–Crippen LogP) is 4.64. The van der Waals surface area contributed by atoms with Crippen molar-refractivity contribution < 1.29 is 9.13 Å². The summed E-state index contributed by atoms with van der Waals surface area (Å²) >= 11 is 3.45. The van der Waals surface area contributed by atoms with Gasteiger partial charge >= 0.3 is 0 Å². The lowest BCUT2D eigenvalue weighted by atomic mass is 9.77. The molecule has 0 radical (unpaired) electrons. The molecule has 0 saturated heterocycles. The second-order valence-electron chi connectivity index (χ2n) is 6.15. The molecule has 0 bridgehead atoms.